The van der Waals surface area contributed by atoms with Crippen LogP contribution in [0.5, 0.6) is 0 Å². The molecule has 1 nitrogen and oxygen atoms in total. The van der Waals surface area contributed by atoms with Gasteiger partial charge in [-0.3, -0.25) is 0 Å². The summed E-state index contributed by atoms with van der Waals surface area (Å²) in [6, 6.07) is 67.0. The smallest absolute Gasteiger partial charge is 0.0645 e. The molecule has 0 unspecified atom stereocenters. The molecule has 0 saturated carbocycles. The van der Waals surface area contributed by atoms with Gasteiger partial charge in [0.1, 0.15) is 0 Å². The highest BCUT2D eigenvalue weighted by Crippen LogP contribution is 2.42. The number of rotatable bonds is 8. The Morgan fingerprint density at radius 2 is 0.792 bits per heavy atom. The summed E-state index contributed by atoms with van der Waals surface area (Å²) in [5.41, 5.74) is 11.0. The molecule has 9 rings (SSSR count). The summed E-state index contributed by atoms with van der Waals surface area (Å²) in [6.45, 7) is 0. The zero-order chi connectivity index (χ0) is 38.9. The molecule has 0 aliphatic rings. The van der Waals surface area contributed by atoms with Crippen LogP contribution >= 0.6 is 0 Å². The molecule has 0 fully saturated rings. The van der Waals surface area contributed by atoms with Gasteiger partial charge in [0.05, 0.1) is 11.2 Å². The molecule has 0 bridgehead atoms. The van der Waals surface area contributed by atoms with Gasteiger partial charge >= 0.3 is 0 Å². The van der Waals surface area contributed by atoms with Gasteiger partial charge < -0.3 is 4.90 Å². The number of nitrogens with zero attached hydrogens (tertiary/aromatic N) is 1. The Balaban J connectivity index is 1.18. The fraction of sp³-hybridized carbons (Fsp3) is 0. The maximum atomic E-state index is 9.46. The summed E-state index contributed by atoms with van der Waals surface area (Å²) in [5, 5.41) is 2.40. The van der Waals surface area contributed by atoms with Crippen molar-refractivity contribution in [2.75, 3.05) is 4.90 Å². The topological polar surface area (TPSA) is 3.24 Å². The first-order valence-corrected chi connectivity index (χ1v) is 17.9. The molecule has 0 saturated heterocycles. The highest BCUT2D eigenvalue weighted by Gasteiger charge is 2.18. The lowest BCUT2D eigenvalue weighted by atomic mass is 9.95. The summed E-state index contributed by atoms with van der Waals surface area (Å²) in [7, 11) is 0. The molecule has 9 aromatic rings. The van der Waals surface area contributed by atoms with Crippen LogP contribution in [0.1, 0.15) is 5.48 Å². The van der Waals surface area contributed by atoms with E-state index < -0.39 is 0 Å². The van der Waals surface area contributed by atoms with Crippen molar-refractivity contribution in [1.29, 1.82) is 0 Å². The predicted molar refractivity (Wildman–Crippen MR) is 226 cm³/mol. The number of hydrogen-bond acceptors (Lipinski definition) is 1. The quantitative estimate of drug-likeness (QED) is 0.154. The second-order valence-corrected chi connectivity index (χ2v) is 13.0. The Hall–Kier alpha value is -6.96. The van der Waals surface area contributed by atoms with Crippen LogP contribution in [-0.2, 0) is 0 Å². The zero-order valence-corrected chi connectivity index (χ0v) is 29.0. The van der Waals surface area contributed by atoms with Gasteiger partial charge in [0.2, 0.25) is 0 Å². The monoisotopic (exact) mass is 679 g/mol. The van der Waals surface area contributed by atoms with Crippen molar-refractivity contribution in [2.24, 2.45) is 0 Å². The molecule has 250 valence electrons. The van der Waals surface area contributed by atoms with Crippen molar-refractivity contribution in [1.82, 2.24) is 0 Å². The third-order valence-electron chi connectivity index (χ3n) is 9.77. The van der Waals surface area contributed by atoms with E-state index in [1.165, 1.54) is 16.3 Å². The first kappa shape index (κ1) is 27.7. The van der Waals surface area contributed by atoms with Crippen LogP contribution in [0.4, 0.5) is 17.1 Å². The maximum Gasteiger partial charge on any atom is 0.0645 e. The van der Waals surface area contributed by atoms with Crippen LogP contribution in [0.2, 0.25) is 0 Å². The fourth-order valence-electron chi connectivity index (χ4n) is 7.09. The summed E-state index contributed by atoms with van der Waals surface area (Å²) < 4.78 is 37.4. The summed E-state index contributed by atoms with van der Waals surface area (Å²) >= 11 is 0. The van der Waals surface area contributed by atoms with Crippen LogP contribution in [0.25, 0.3) is 66.4 Å². The molecule has 0 atom stereocenters. The number of benzene rings is 9. The van der Waals surface area contributed by atoms with E-state index in [1.807, 2.05) is 89.8 Å². The average molecular weight is 680 g/mol. The van der Waals surface area contributed by atoms with Crippen LogP contribution in [0.3, 0.4) is 0 Å². The maximum absolute atomic E-state index is 9.46. The summed E-state index contributed by atoms with van der Waals surface area (Å²) in [6.07, 6.45) is 0. The van der Waals surface area contributed by atoms with Crippen molar-refractivity contribution < 1.29 is 5.48 Å². The molecule has 0 radical (unpaired) electrons. The Morgan fingerprint density at radius 1 is 0.302 bits per heavy atom. The minimum Gasteiger partial charge on any atom is -0.310 e. The zero-order valence-electron chi connectivity index (χ0n) is 33.0. The average Bonchev–Trinajstić information content (AvgIpc) is 3.28. The van der Waals surface area contributed by atoms with Gasteiger partial charge in [0.25, 0.3) is 0 Å². The standard InChI is InChI=1S/C52H37N/c1-3-13-38(14-4-1)40-25-27-44(28-26-40)51-22-9-10-24-52(51)53(47-33-29-41(30-34-47)39-15-5-2-6-16-39)48-35-31-42(32-36-48)45-19-11-20-46(37-45)50-23-12-18-43-17-7-8-21-49(43)50/h1-37H/i29D,30D,33D,34D. The molecular formula is C52H37N. The molecule has 0 aromatic heterocycles. The van der Waals surface area contributed by atoms with Crippen LogP contribution in [0, 0.1) is 0 Å². The molecule has 9 aromatic carbocycles. The molecule has 0 spiro atoms. The molecule has 0 aliphatic heterocycles. The molecule has 0 aliphatic carbocycles. The first-order chi connectivity index (χ1) is 28.0. The van der Waals surface area contributed by atoms with Crippen LogP contribution < -0.4 is 4.90 Å². The van der Waals surface area contributed by atoms with E-state index in [-0.39, 0.29) is 35.4 Å². The van der Waals surface area contributed by atoms with E-state index in [0.717, 1.165) is 44.6 Å². The van der Waals surface area contributed by atoms with Gasteiger partial charge in [-0.25, -0.2) is 0 Å². The second kappa shape index (κ2) is 14.3. The van der Waals surface area contributed by atoms with E-state index in [4.69, 9.17) is 0 Å². The fourth-order valence-corrected chi connectivity index (χ4v) is 7.09. The molecule has 1 heteroatoms. The number of anilines is 3. The van der Waals surface area contributed by atoms with Crippen molar-refractivity contribution in [3.8, 4) is 55.6 Å². The summed E-state index contributed by atoms with van der Waals surface area (Å²) in [5.74, 6) is 0. The van der Waals surface area contributed by atoms with Gasteiger partial charge in [0.15, 0.2) is 0 Å². The van der Waals surface area contributed by atoms with E-state index >= 15 is 0 Å². The van der Waals surface area contributed by atoms with E-state index in [0.29, 0.717) is 11.3 Å². The lowest BCUT2D eigenvalue weighted by molar-refractivity contribution is 1.28. The SMILES string of the molecule is [2H]c1c([2H])c(N(c2ccc(-c3cccc(-c4cccc5ccccc45)c3)cc2)c2ccccc2-c2ccc(-c3ccccc3)cc2)c([2H])c([2H])c1-c1ccccc1. The molecular weight excluding hydrogens is 639 g/mol. The minimum atomic E-state index is -0.115. The Kier molecular flexibility index (Phi) is 7.50. The van der Waals surface area contributed by atoms with Gasteiger partial charge in [-0.1, -0.05) is 188 Å². The van der Waals surface area contributed by atoms with Crippen molar-refractivity contribution >= 4 is 27.8 Å². The normalized spacial score (nSPS) is 12.1. The lowest BCUT2D eigenvalue weighted by Crippen LogP contribution is -2.11. The van der Waals surface area contributed by atoms with Gasteiger partial charge in [-0.2, -0.15) is 0 Å². The Bertz CT molecular complexity index is 2840. The third-order valence-corrected chi connectivity index (χ3v) is 9.77. The van der Waals surface area contributed by atoms with Gasteiger partial charge in [0, 0.05) is 16.9 Å². The minimum absolute atomic E-state index is 0.0891. The first-order valence-electron chi connectivity index (χ1n) is 19.9. The van der Waals surface area contributed by atoms with Crippen molar-refractivity contribution in [3.63, 3.8) is 0 Å². The predicted octanol–water partition coefficient (Wildman–Crippen LogP) is 14.6. The number of para-hydroxylation sites is 1. The van der Waals surface area contributed by atoms with Crippen LogP contribution in [0.15, 0.2) is 224 Å². The Labute approximate surface area is 317 Å². The second-order valence-electron chi connectivity index (χ2n) is 13.0. The number of hydrogen-bond donors (Lipinski definition) is 0. The highest BCUT2D eigenvalue weighted by atomic mass is 15.1. The third kappa shape index (κ3) is 6.53. The molecule has 53 heavy (non-hydrogen) atoms. The van der Waals surface area contributed by atoms with E-state index in [9.17, 15) is 5.48 Å². The van der Waals surface area contributed by atoms with E-state index in [2.05, 4.69) is 115 Å². The van der Waals surface area contributed by atoms with Crippen molar-refractivity contribution in [2.45, 2.75) is 0 Å². The Morgan fingerprint density at radius 3 is 1.55 bits per heavy atom. The largest absolute Gasteiger partial charge is 0.310 e. The van der Waals surface area contributed by atoms with Crippen LogP contribution in [-0.4, -0.2) is 0 Å². The summed E-state index contributed by atoms with van der Waals surface area (Å²) in [4.78, 5) is 1.88. The van der Waals surface area contributed by atoms with Gasteiger partial charge in [-0.05, 0) is 97.2 Å². The molecule has 0 N–H and O–H groups in total. The van der Waals surface area contributed by atoms with Gasteiger partial charge in [-0.15, -0.1) is 0 Å². The van der Waals surface area contributed by atoms with E-state index in [1.54, 1.807) is 0 Å². The van der Waals surface area contributed by atoms with Crippen molar-refractivity contribution in [3.05, 3.63) is 224 Å². The highest BCUT2D eigenvalue weighted by molar-refractivity contribution is 5.97. The lowest BCUT2D eigenvalue weighted by Gasteiger charge is -2.28. The number of fused-ring (bicyclic) bond motifs is 1. The molecule has 0 heterocycles. The molecule has 0 amide bonds.